The number of aryl methyl sites for hydroxylation is 2. The minimum absolute atomic E-state index is 0.0480. The molecule has 1 aromatic heterocycles. The summed E-state index contributed by atoms with van der Waals surface area (Å²) in [6, 6.07) is -0.269. The van der Waals surface area contributed by atoms with Gasteiger partial charge in [-0.1, -0.05) is 0 Å². The van der Waals surface area contributed by atoms with E-state index in [1.807, 2.05) is 6.92 Å². The molecule has 1 amide bonds. The average molecular weight is 314 g/mol. The van der Waals surface area contributed by atoms with Crippen molar-refractivity contribution in [2.75, 3.05) is 19.3 Å². The van der Waals surface area contributed by atoms with Gasteiger partial charge < -0.3 is 4.90 Å². The van der Waals surface area contributed by atoms with Crippen LogP contribution in [0.4, 0.5) is 0 Å². The lowest BCUT2D eigenvalue weighted by atomic mass is 10.1. The Labute approximate surface area is 125 Å². The number of hydrogen-bond acceptors (Lipinski definition) is 4. The van der Waals surface area contributed by atoms with Gasteiger partial charge in [0, 0.05) is 25.3 Å². The monoisotopic (exact) mass is 314 g/mol. The third-order valence-corrected chi connectivity index (χ3v) is 5.53. The molecule has 1 saturated heterocycles. The Morgan fingerprint density at radius 3 is 2.62 bits per heavy atom. The summed E-state index contributed by atoms with van der Waals surface area (Å²) in [6.07, 6.45) is 1.54. The van der Waals surface area contributed by atoms with Crippen molar-refractivity contribution in [1.29, 1.82) is 0 Å². The maximum Gasteiger partial charge on any atom is 0.257 e. The molecule has 0 saturated carbocycles. The summed E-state index contributed by atoms with van der Waals surface area (Å²) in [5.41, 5.74) is 2.08. The van der Waals surface area contributed by atoms with E-state index in [4.69, 9.17) is 0 Å². The van der Waals surface area contributed by atoms with Gasteiger partial charge in [-0.3, -0.25) is 9.48 Å². The third kappa shape index (κ3) is 3.11. The topological polar surface area (TPSA) is 84.3 Å². The highest BCUT2D eigenvalue weighted by atomic mass is 32.2. The Morgan fingerprint density at radius 1 is 1.43 bits per heavy atom. The summed E-state index contributed by atoms with van der Waals surface area (Å²) in [5, 5.41) is 4.26. The number of carbonyl (C=O) groups excluding carboxylic acids is 1. The molecule has 2 rings (SSSR count). The van der Waals surface area contributed by atoms with E-state index in [2.05, 4.69) is 9.82 Å². The van der Waals surface area contributed by atoms with Crippen molar-refractivity contribution in [3.05, 3.63) is 17.0 Å². The van der Waals surface area contributed by atoms with Gasteiger partial charge in [0.05, 0.1) is 17.0 Å². The van der Waals surface area contributed by atoms with Crippen LogP contribution in [0, 0.1) is 13.8 Å². The summed E-state index contributed by atoms with van der Waals surface area (Å²) < 4.78 is 27.5. The molecule has 1 aliphatic rings. The fraction of sp³-hybridized carbons (Fsp3) is 0.692. The molecule has 0 bridgehead atoms. The van der Waals surface area contributed by atoms with Crippen LogP contribution in [0.5, 0.6) is 0 Å². The summed E-state index contributed by atoms with van der Waals surface area (Å²) in [4.78, 5) is 14.4. The molecular formula is C13H22N4O3S. The summed E-state index contributed by atoms with van der Waals surface area (Å²) in [5.74, 6) is -0.167. The highest BCUT2D eigenvalue weighted by molar-refractivity contribution is 7.89. The van der Waals surface area contributed by atoms with Crippen LogP contribution in [-0.4, -0.2) is 54.4 Å². The zero-order valence-electron chi connectivity index (χ0n) is 12.9. The second-order valence-electron chi connectivity index (χ2n) is 5.45. The number of nitrogens with zero attached hydrogens (tertiary/aromatic N) is 3. The Bertz CT molecular complexity index is 651. The SMILES string of the molecule is CNS(=O)(=O)CC1CCCN1C(=O)c1c(C)nn(C)c1C. The first-order valence-electron chi connectivity index (χ1n) is 6.99. The molecule has 1 unspecified atom stereocenters. The zero-order valence-corrected chi connectivity index (χ0v) is 13.7. The molecule has 1 atom stereocenters. The molecule has 118 valence electrons. The normalized spacial score (nSPS) is 19.2. The lowest BCUT2D eigenvalue weighted by Gasteiger charge is -2.24. The van der Waals surface area contributed by atoms with Crippen LogP contribution < -0.4 is 4.72 Å². The maximum absolute atomic E-state index is 12.7. The van der Waals surface area contributed by atoms with Crippen molar-refractivity contribution >= 4 is 15.9 Å². The van der Waals surface area contributed by atoms with Crippen molar-refractivity contribution in [2.45, 2.75) is 32.7 Å². The van der Waals surface area contributed by atoms with Gasteiger partial charge in [0.2, 0.25) is 10.0 Å². The molecule has 8 heteroatoms. The molecule has 0 aliphatic carbocycles. The number of sulfonamides is 1. The minimum Gasteiger partial charge on any atom is -0.334 e. The highest BCUT2D eigenvalue weighted by Gasteiger charge is 2.34. The van der Waals surface area contributed by atoms with Gasteiger partial charge in [0.15, 0.2) is 0 Å². The molecule has 0 aromatic carbocycles. The molecule has 2 heterocycles. The second-order valence-corrected chi connectivity index (χ2v) is 7.42. The van der Waals surface area contributed by atoms with Crippen LogP contribution in [0.1, 0.15) is 34.6 Å². The number of nitrogens with one attached hydrogen (secondary N) is 1. The van der Waals surface area contributed by atoms with Crippen molar-refractivity contribution < 1.29 is 13.2 Å². The number of aromatic nitrogens is 2. The number of rotatable bonds is 4. The minimum atomic E-state index is -3.33. The molecule has 1 N–H and O–H groups in total. The largest absolute Gasteiger partial charge is 0.334 e. The van der Waals surface area contributed by atoms with E-state index in [1.165, 1.54) is 7.05 Å². The number of hydrogen-bond donors (Lipinski definition) is 1. The number of likely N-dealkylation sites (tertiary alicyclic amines) is 1. The van der Waals surface area contributed by atoms with E-state index in [1.54, 1.807) is 23.6 Å². The fourth-order valence-corrected chi connectivity index (χ4v) is 3.86. The Kier molecular flexibility index (Phi) is 4.38. The van der Waals surface area contributed by atoms with Crippen molar-refractivity contribution in [2.24, 2.45) is 7.05 Å². The van der Waals surface area contributed by atoms with Gasteiger partial charge in [-0.2, -0.15) is 5.10 Å². The molecule has 0 radical (unpaired) electrons. The molecular weight excluding hydrogens is 292 g/mol. The standard InChI is InChI=1S/C13H22N4O3S/c1-9-12(10(2)16(4)15-9)13(18)17-7-5-6-11(17)8-21(19,20)14-3/h11,14H,5-8H2,1-4H3. The van der Waals surface area contributed by atoms with Crippen LogP contribution in [0.15, 0.2) is 0 Å². The molecule has 1 aromatic rings. The van der Waals surface area contributed by atoms with Gasteiger partial charge in [-0.15, -0.1) is 0 Å². The van der Waals surface area contributed by atoms with E-state index in [-0.39, 0.29) is 17.7 Å². The van der Waals surface area contributed by atoms with Crippen molar-refractivity contribution in [1.82, 2.24) is 19.4 Å². The molecule has 1 aliphatic heterocycles. The first-order valence-corrected chi connectivity index (χ1v) is 8.64. The van der Waals surface area contributed by atoms with Gasteiger partial charge in [0.25, 0.3) is 5.91 Å². The average Bonchev–Trinajstić information content (AvgIpc) is 2.94. The van der Waals surface area contributed by atoms with Gasteiger partial charge in [0.1, 0.15) is 0 Å². The van der Waals surface area contributed by atoms with E-state index in [0.717, 1.165) is 12.1 Å². The second kappa shape index (κ2) is 5.76. The zero-order chi connectivity index (χ0) is 15.8. The van der Waals surface area contributed by atoms with Crippen molar-refractivity contribution in [3.63, 3.8) is 0 Å². The molecule has 21 heavy (non-hydrogen) atoms. The fourth-order valence-electron chi connectivity index (χ4n) is 2.84. The predicted octanol–water partition coefficient (Wildman–Crippen LogP) is 0.191. The van der Waals surface area contributed by atoms with Crippen LogP contribution in [0.25, 0.3) is 0 Å². The summed E-state index contributed by atoms with van der Waals surface area (Å²) >= 11 is 0. The van der Waals surface area contributed by atoms with E-state index < -0.39 is 10.0 Å². The van der Waals surface area contributed by atoms with Gasteiger partial charge >= 0.3 is 0 Å². The number of carbonyl (C=O) groups is 1. The van der Waals surface area contributed by atoms with E-state index >= 15 is 0 Å². The van der Waals surface area contributed by atoms with Crippen LogP contribution >= 0.6 is 0 Å². The first kappa shape index (κ1) is 16.0. The summed E-state index contributed by atoms with van der Waals surface area (Å²) in [6.45, 7) is 4.24. The van der Waals surface area contributed by atoms with Crippen LogP contribution in [0.2, 0.25) is 0 Å². The lowest BCUT2D eigenvalue weighted by molar-refractivity contribution is 0.0747. The highest BCUT2D eigenvalue weighted by Crippen LogP contribution is 2.23. The maximum atomic E-state index is 12.7. The third-order valence-electron chi connectivity index (χ3n) is 4.08. The molecule has 0 spiro atoms. The van der Waals surface area contributed by atoms with E-state index in [9.17, 15) is 13.2 Å². The van der Waals surface area contributed by atoms with Crippen LogP contribution in [-0.2, 0) is 17.1 Å². The first-order chi connectivity index (χ1) is 9.76. The molecule has 7 nitrogen and oxygen atoms in total. The lowest BCUT2D eigenvalue weighted by Crippen LogP contribution is -2.42. The Morgan fingerprint density at radius 2 is 2.10 bits per heavy atom. The van der Waals surface area contributed by atoms with Gasteiger partial charge in [-0.25, -0.2) is 13.1 Å². The Hall–Kier alpha value is -1.41. The van der Waals surface area contributed by atoms with Crippen molar-refractivity contribution in [3.8, 4) is 0 Å². The van der Waals surface area contributed by atoms with Gasteiger partial charge in [-0.05, 0) is 33.7 Å². The van der Waals surface area contributed by atoms with E-state index in [0.29, 0.717) is 24.2 Å². The molecule has 1 fully saturated rings. The summed E-state index contributed by atoms with van der Waals surface area (Å²) in [7, 11) is -0.139. The quantitative estimate of drug-likeness (QED) is 0.860. The smallest absolute Gasteiger partial charge is 0.257 e. The Balaban J connectivity index is 2.26. The number of amides is 1. The van der Waals surface area contributed by atoms with Crippen LogP contribution in [0.3, 0.4) is 0 Å². The predicted molar refractivity (Wildman–Crippen MR) is 79.6 cm³/mol.